The second-order valence-electron chi connectivity index (χ2n) is 7.94. The smallest absolute Gasteiger partial charge is 0.254 e. The summed E-state index contributed by atoms with van der Waals surface area (Å²) in [6, 6.07) is 17.7. The number of carbonyl (C=O) groups excluding carboxylic acids is 2. The van der Waals surface area contributed by atoms with Crippen LogP contribution >= 0.6 is 0 Å². The van der Waals surface area contributed by atoms with E-state index in [0.717, 1.165) is 34.4 Å². The van der Waals surface area contributed by atoms with Gasteiger partial charge in [0, 0.05) is 49.7 Å². The number of aryl methyl sites for hydroxylation is 1. The molecule has 0 saturated carbocycles. The molecule has 158 valence electrons. The molecule has 2 amide bonds. The molecule has 5 nitrogen and oxygen atoms in total. The van der Waals surface area contributed by atoms with Crippen molar-refractivity contribution in [2.45, 2.75) is 39.8 Å². The van der Waals surface area contributed by atoms with Crippen molar-refractivity contribution in [2.24, 2.45) is 0 Å². The molecule has 1 aliphatic heterocycles. The van der Waals surface area contributed by atoms with E-state index < -0.39 is 0 Å². The molecule has 0 fully saturated rings. The number of hydrogen-bond acceptors (Lipinski definition) is 3. The fraction of sp³-hybridized carbons (Fsp3) is 0.269. The van der Waals surface area contributed by atoms with Gasteiger partial charge in [0.1, 0.15) is 0 Å². The standard InChI is InChI=1S/C26H27N3O2/c1-3-25(30)29-14-12-21-15-22(10-11-24(21)29)26(31)28(17-20-8-6-13-27-16-20)18-23-9-5-4-7-19(23)2/h4-11,13,15-16H,3,12,14,17-18H2,1-2H3. The molecule has 0 radical (unpaired) electrons. The third kappa shape index (κ3) is 4.50. The summed E-state index contributed by atoms with van der Waals surface area (Å²) >= 11 is 0. The van der Waals surface area contributed by atoms with Crippen molar-refractivity contribution >= 4 is 17.5 Å². The average molecular weight is 414 g/mol. The van der Waals surface area contributed by atoms with Crippen molar-refractivity contribution in [1.29, 1.82) is 0 Å². The average Bonchev–Trinajstić information content (AvgIpc) is 3.23. The minimum Gasteiger partial charge on any atom is -0.330 e. The number of rotatable bonds is 6. The first kappa shape index (κ1) is 20.8. The zero-order chi connectivity index (χ0) is 21.8. The minimum absolute atomic E-state index is 0.0184. The van der Waals surface area contributed by atoms with Crippen molar-refractivity contribution in [2.75, 3.05) is 11.4 Å². The first-order chi connectivity index (χ1) is 15.1. The Morgan fingerprint density at radius 3 is 2.65 bits per heavy atom. The summed E-state index contributed by atoms with van der Waals surface area (Å²) in [6.45, 7) is 5.63. The Labute approximate surface area is 183 Å². The van der Waals surface area contributed by atoms with Crippen molar-refractivity contribution < 1.29 is 9.59 Å². The lowest BCUT2D eigenvalue weighted by atomic mass is 10.0. The molecule has 1 aliphatic rings. The molecule has 2 heterocycles. The highest BCUT2D eigenvalue weighted by molar-refractivity contribution is 5.98. The van der Waals surface area contributed by atoms with Crippen LogP contribution in [-0.4, -0.2) is 28.2 Å². The number of carbonyl (C=O) groups is 2. The Morgan fingerprint density at radius 1 is 1.06 bits per heavy atom. The van der Waals surface area contributed by atoms with Crippen molar-refractivity contribution in [1.82, 2.24) is 9.88 Å². The maximum Gasteiger partial charge on any atom is 0.254 e. The van der Waals surface area contributed by atoms with Gasteiger partial charge < -0.3 is 9.80 Å². The molecule has 0 saturated heterocycles. The number of nitrogens with zero attached hydrogens (tertiary/aromatic N) is 3. The summed E-state index contributed by atoms with van der Waals surface area (Å²) in [6.07, 6.45) is 4.80. The zero-order valence-corrected chi connectivity index (χ0v) is 18.0. The maximum atomic E-state index is 13.6. The zero-order valence-electron chi connectivity index (χ0n) is 18.0. The largest absolute Gasteiger partial charge is 0.330 e. The Kier molecular flexibility index (Phi) is 6.12. The fourth-order valence-electron chi connectivity index (χ4n) is 4.07. The van der Waals surface area contributed by atoms with Crippen LogP contribution in [0.4, 0.5) is 5.69 Å². The molecule has 3 aromatic rings. The van der Waals surface area contributed by atoms with Gasteiger partial charge in [0.05, 0.1) is 0 Å². The van der Waals surface area contributed by atoms with Gasteiger partial charge in [0.25, 0.3) is 5.91 Å². The maximum absolute atomic E-state index is 13.6. The second-order valence-corrected chi connectivity index (χ2v) is 7.94. The summed E-state index contributed by atoms with van der Waals surface area (Å²) in [4.78, 5) is 33.6. The van der Waals surface area contributed by atoms with Crippen molar-refractivity contribution in [3.05, 3.63) is 94.8 Å². The van der Waals surface area contributed by atoms with E-state index in [2.05, 4.69) is 24.0 Å². The number of amides is 2. The topological polar surface area (TPSA) is 53.5 Å². The molecule has 0 aliphatic carbocycles. The third-order valence-electron chi connectivity index (χ3n) is 5.83. The summed E-state index contributed by atoms with van der Waals surface area (Å²) in [5.74, 6) is 0.103. The molecule has 4 rings (SSSR count). The van der Waals surface area contributed by atoms with Crippen molar-refractivity contribution in [3.8, 4) is 0 Å². The lowest BCUT2D eigenvalue weighted by molar-refractivity contribution is -0.118. The first-order valence-corrected chi connectivity index (χ1v) is 10.7. The third-order valence-corrected chi connectivity index (χ3v) is 5.83. The van der Waals surface area contributed by atoms with Gasteiger partial charge in [-0.3, -0.25) is 14.6 Å². The monoisotopic (exact) mass is 413 g/mol. The second kappa shape index (κ2) is 9.13. The fourth-order valence-corrected chi connectivity index (χ4v) is 4.07. The molecule has 0 unspecified atom stereocenters. The lowest BCUT2D eigenvalue weighted by Gasteiger charge is -2.24. The van der Waals surface area contributed by atoms with E-state index >= 15 is 0 Å². The number of fused-ring (bicyclic) bond motifs is 1. The summed E-state index contributed by atoms with van der Waals surface area (Å²) in [5, 5.41) is 0. The quantitative estimate of drug-likeness (QED) is 0.597. The van der Waals surface area contributed by atoms with Gasteiger partial charge in [-0.05, 0) is 59.9 Å². The van der Waals surface area contributed by atoms with Gasteiger partial charge in [-0.15, -0.1) is 0 Å². The number of aromatic nitrogens is 1. The van der Waals surface area contributed by atoms with Gasteiger partial charge in [0.15, 0.2) is 0 Å². The molecule has 0 spiro atoms. The number of pyridine rings is 1. The number of benzene rings is 2. The number of anilines is 1. The molecule has 0 N–H and O–H groups in total. The SMILES string of the molecule is CCC(=O)N1CCc2cc(C(=O)N(Cc3cccnc3)Cc3ccccc3C)ccc21. The van der Waals surface area contributed by atoms with Crippen LogP contribution < -0.4 is 4.90 Å². The van der Waals surface area contributed by atoms with Crippen LogP contribution in [0.15, 0.2) is 67.0 Å². The minimum atomic E-state index is -0.0184. The predicted molar refractivity (Wildman–Crippen MR) is 122 cm³/mol. The molecule has 0 atom stereocenters. The van der Waals surface area contributed by atoms with E-state index in [-0.39, 0.29) is 11.8 Å². The Bertz CT molecular complexity index is 1090. The molecule has 0 bridgehead atoms. The predicted octanol–water partition coefficient (Wildman–Crippen LogP) is 4.53. The van der Waals surface area contributed by atoms with E-state index in [1.165, 1.54) is 0 Å². The highest BCUT2D eigenvalue weighted by atomic mass is 16.2. The Hall–Kier alpha value is -3.47. The molecular formula is C26H27N3O2. The Morgan fingerprint density at radius 2 is 1.90 bits per heavy atom. The van der Waals surface area contributed by atoms with Crippen LogP contribution in [-0.2, 0) is 24.3 Å². The van der Waals surface area contributed by atoms with E-state index in [0.29, 0.717) is 31.6 Å². The van der Waals surface area contributed by atoms with E-state index in [1.807, 2.05) is 59.2 Å². The summed E-state index contributed by atoms with van der Waals surface area (Å²) in [5.41, 5.74) is 5.92. The van der Waals surface area contributed by atoms with E-state index in [4.69, 9.17) is 0 Å². The Balaban J connectivity index is 1.63. The molecule has 31 heavy (non-hydrogen) atoms. The van der Waals surface area contributed by atoms with Crippen molar-refractivity contribution in [3.63, 3.8) is 0 Å². The van der Waals surface area contributed by atoms with Crippen LogP contribution in [0.25, 0.3) is 0 Å². The number of hydrogen-bond donors (Lipinski definition) is 0. The molecule has 1 aromatic heterocycles. The first-order valence-electron chi connectivity index (χ1n) is 10.7. The summed E-state index contributed by atoms with van der Waals surface area (Å²) in [7, 11) is 0. The van der Waals surface area contributed by atoms with Crippen LogP contribution in [0.1, 0.15) is 46.0 Å². The highest BCUT2D eigenvalue weighted by Gasteiger charge is 2.25. The van der Waals surface area contributed by atoms with Gasteiger partial charge in [-0.2, -0.15) is 0 Å². The summed E-state index contributed by atoms with van der Waals surface area (Å²) < 4.78 is 0. The van der Waals surface area contributed by atoms with Gasteiger partial charge in [0.2, 0.25) is 5.91 Å². The van der Waals surface area contributed by atoms with Crippen LogP contribution in [0.5, 0.6) is 0 Å². The van der Waals surface area contributed by atoms with E-state index in [9.17, 15) is 9.59 Å². The normalized spacial score (nSPS) is 12.5. The van der Waals surface area contributed by atoms with E-state index in [1.54, 1.807) is 12.4 Å². The van der Waals surface area contributed by atoms with Crippen LogP contribution in [0.2, 0.25) is 0 Å². The molecule has 5 heteroatoms. The van der Waals surface area contributed by atoms with Crippen LogP contribution in [0, 0.1) is 6.92 Å². The van der Waals surface area contributed by atoms with Crippen LogP contribution in [0.3, 0.4) is 0 Å². The molecule has 2 aromatic carbocycles. The van der Waals surface area contributed by atoms with Gasteiger partial charge in [-0.25, -0.2) is 0 Å². The highest BCUT2D eigenvalue weighted by Crippen LogP contribution is 2.30. The molecular weight excluding hydrogens is 386 g/mol. The lowest BCUT2D eigenvalue weighted by Crippen LogP contribution is -2.30. The van der Waals surface area contributed by atoms with Gasteiger partial charge >= 0.3 is 0 Å². The van der Waals surface area contributed by atoms with Gasteiger partial charge in [-0.1, -0.05) is 37.3 Å².